The van der Waals surface area contributed by atoms with Crippen LogP contribution in [-0.4, -0.2) is 43.3 Å². The van der Waals surface area contributed by atoms with Gasteiger partial charge < -0.3 is 19.9 Å². The number of carboxylic acids is 1. The van der Waals surface area contributed by atoms with E-state index in [0.717, 1.165) is 0 Å². The van der Waals surface area contributed by atoms with Gasteiger partial charge in [-0.05, 0) is 37.8 Å². The fourth-order valence-corrected chi connectivity index (χ4v) is 2.85. The van der Waals surface area contributed by atoms with Crippen molar-refractivity contribution in [3.63, 3.8) is 0 Å². The van der Waals surface area contributed by atoms with E-state index in [-0.39, 0.29) is 30.4 Å². The molecule has 0 spiro atoms. The maximum absolute atomic E-state index is 13.8. The highest BCUT2D eigenvalue weighted by Crippen LogP contribution is 2.25. The molecule has 1 amide bonds. The molecule has 0 radical (unpaired) electrons. The van der Waals surface area contributed by atoms with Crippen molar-refractivity contribution in [2.24, 2.45) is 11.8 Å². The van der Waals surface area contributed by atoms with E-state index >= 15 is 0 Å². The van der Waals surface area contributed by atoms with Crippen molar-refractivity contribution in [2.45, 2.75) is 19.8 Å². The molecule has 24 heavy (non-hydrogen) atoms. The molecule has 0 aromatic heterocycles. The van der Waals surface area contributed by atoms with Gasteiger partial charge in [0.15, 0.2) is 11.6 Å². The van der Waals surface area contributed by atoms with Crippen LogP contribution in [0.3, 0.4) is 0 Å². The smallest absolute Gasteiger partial charge is 0.308 e. The molecule has 1 aromatic rings. The fraction of sp³-hybridized carbons (Fsp3) is 0.529. The molecule has 1 heterocycles. The normalized spacial score (nSPS) is 16.4. The minimum absolute atomic E-state index is 0.0130. The van der Waals surface area contributed by atoms with E-state index in [4.69, 9.17) is 9.47 Å². The van der Waals surface area contributed by atoms with Gasteiger partial charge in [0, 0.05) is 19.8 Å². The van der Waals surface area contributed by atoms with E-state index in [9.17, 15) is 19.1 Å². The highest BCUT2D eigenvalue weighted by Gasteiger charge is 2.30. The first-order valence-corrected chi connectivity index (χ1v) is 8.04. The number of hydrogen-bond donors (Lipinski definition) is 2. The van der Waals surface area contributed by atoms with Crippen molar-refractivity contribution in [1.82, 2.24) is 5.32 Å². The molecule has 1 fully saturated rings. The summed E-state index contributed by atoms with van der Waals surface area (Å²) in [5.74, 6) is -2.97. The van der Waals surface area contributed by atoms with Crippen LogP contribution in [0.5, 0.6) is 5.75 Å². The van der Waals surface area contributed by atoms with Crippen LogP contribution in [0.2, 0.25) is 0 Å². The van der Waals surface area contributed by atoms with Crippen LogP contribution in [0.15, 0.2) is 18.2 Å². The third kappa shape index (κ3) is 4.44. The van der Waals surface area contributed by atoms with Gasteiger partial charge in [-0.15, -0.1) is 0 Å². The number of aliphatic carboxylic acids is 1. The summed E-state index contributed by atoms with van der Waals surface area (Å²) in [4.78, 5) is 23.8. The van der Waals surface area contributed by atoms with Crippen LogP contribution in [0, 0.1) is 17.7 Å². The van der Waals surface area contributed by atoms with Crippen LogP contribution in [-0.2, 0) is 9.53 Å². The van der Waals surface area contributed by atoms with Gasteiger partial charge in [0.1, 0.15) is 0 Å². The Morgan fingerprint density at radius 1 is 1.42 bits per heavy atom. The number of carbonyl (C=O) groups excluding carboxylic acids is 1. The number of carbonyl (C=O) groups is 2. The lowest BCUT2D eigenvalue weighted by Crippen LogP contribution is -2.39. The Kier molecular flexibility index (Phi) is 6.54. The second-order valence-corrected chi connectivity index (χ2v) is 5.65. The van der Waals surface area contributed by atoms with Gasteiger partial charge in [-0.25, -0.2) is 4.39 Å². The van der Waals surface area contributed by atoms with Crippen molar-refractivity contribution in [2.75, 3.05) is 26.4 Å². The molecule has 132 valence electrons. The number of hydrogen-bond acceptors (Lipinski definition) is 4. The van der Waals surface area contributed by atoms with Crippen molar-refractivity contribution >= 4 is 11.9 Å². The highest BCUT2D eigenvalue weighted by molar-refractivity contribution is 5.97. The molecule has 1 aliphatic heterocycles. The summed E-state index contributed by atoms with van der Waals surface area (Å²) >= 11 is 0. The summed E-state index contributed by atoms with van der Waals surface area (Å²) < 4.78 is 24.2. The zero-order valence-electron chi connectivity index (χ0n) is 13.6. The molecule has 0 saturated carbocycles. The second-order valence-electron chi connectivity index (χ2n) is 5.65. The van der Waals surface area contributed by atoms with Crippen LogP contribution in [0.4, 0.5) is 4.39 Å². The Morgan fingerprint density at radius 3 is 2.75 bits per heavy atom. The van der Waals surface area contributed by atoms with Crippen LogP contribution >= 0.6 is 0 Å². The predicted molar refractivity (Wildman–Crippen MR) is 84.6 cm³/mol. The minimum atomic E-state index is -0.952. The Hall–Kier alpha value is -2.15. The molecule has 1 aliphatic rings. The second kappa shape index (κ2) is 8.63. The highest BCUT2D eigenvalue weighted by atomic mass is 19.1. The van der Waals surface area contributed by atoms with Gasteiger partial charge in [-0.3, -0.25) is 9.59 Å². The van der Waals surface area contributed by atoms with Crippen LogP contribution in [0.25, 0.3) is 0 Å². The monoisotopic (exact) mass is 339 g/mol. The lowest BCUT2D eigenvalue weighted by atomic mass is 9.86. The third-order valence-electron chi connectivity index (χ3n) is 4.14. The molecule has 1 atom stereocenters. The Bertz CT molecular complexity index is 586. The zero-order valence-corrected chi connectivity index (χ0v) is 13.6. The van der Waals surface area contributed by atoms with E-state index in [2.05, 4.69) is 5.32 Å². The lowest BCUT2D eigenvalue weighted by Gasteiger charge is -2.27. The van der Waals surface area contributed by atoms with Crippen molar-refractivity contribution in [3.8, 4) is 5.75 Å². The summed E-state index contributed by atoms with van der Waals surface area (Å²) in [5.41, 5.74) is 0.0629. The maximum Gasteiger partial charge on any atom is 0.308 e. The van der Waals surface area contributed by atoms with E-state index in [1.54, 1.807) is 6.92 Å². The summed E-state index contributed by atoms with van der Waals surface area (Å²) in [6.45, 7) is 2.96. The SMILES string of the molecule is CCOc1c(F)cccc1C(=O)NCC(C(=O)O)C1CCOCC1. The number of amides is 1. The van der Waals surface area contributed by atoms with Crippen molar-refractivity contribution in [1.29, 1.82) is 0 Å². The molecule has 6 nitrogen and oxygen atoms in total. The van der Waals surface area contributed by atoms with Gasteiger partial charge >= 0.3 is 5.97 Å². The third-order valence-corrected chi connectivity index (χ3v) is 4.14. The average molecular weight is 339 g/mol. The summed E-state index contributed by atoms with van der Waals surface area (Å²) in [6.07, 6.45) is 1.30. The fourth-order valence-electron chi connectivity index (χ4n) is 2.85. The van der Waals surface area contributed by atoms with Gasteiger partial charge in [0.25, 0.3) is 5.91 Å². The van der Waals surface area contributed by atoms with Crippen molar-refractivity contribution < 1.29 is 28.6 Å². The van der Waals surface area contributed by atoms with Gasteiger partial charge in [-0.1, -0.05) is 6.07 Å². The molecule has 1 saturated heterocycles. The number of carboxylic acid groups (broad SMARTS) is 1. The molecule has 7 heteroatoms. The average Bonchev–Trinajstić information content (AvgIpc) is 2.57. The summed E-state index contributed by atoms with van der Waals surface area (Å²) in [7, 11) is 0. The van der Waals surface area contributed by atoms with Crippen LogP contribution < -0.4 is 10.1 Å². The Morgan fingerprint density at radius 2 is 2.12 bits per heavy atom. The summed E-state index contributed by atoms with van der Waals surface area (Å²) in [6, 6.07) is 4.08. The molecule has 1 unspecified atom stereocenters. The minimum Gasteiger partial charge on any atom is -0.490 e. The predicted octanol–water partition coefficient (Wildman–Crippen LogP) is 2.08. The first-order valence-electron chi connectivity index (χ1n) is 8.04. The number of ether oxygens (including phenoxy) is 2. The molecule has 0 bridgehead atoms. The molecular weight excluding hydrogens is 317 g/mol. The van der Waals surface area contributed by atoms with Crippen LogP contribution in [0.1, 0.15) is 30.1 Å². The molecule has 2 rings (SSSR count). The Balaban J connectivity index is 2.05. The van der Waals surface area contributed by atoms with E-state index < -0.39 is 23.6 Å². The maximum atomic E-state index is 13.8. The number of nitrogens with one attached hydrogen (secondary N) is 1. The molecule has 0 aliphatic carbocycles. The van der Waals surface area contributed by atoms with E-state index in [1.165, 1.54) is 18.2 Å². The van der Waals surface area contributed by atoms with E-state index in [0.29, 0.717) is 26.1 Å². The number of halogens is 1. The van der Waals surface area contributed by atoms with Crippen molar-refractivity contribution in [3.05, 3.63) is 29.6 Å². The first-order chi connectivity index (χ1) is 11.5. The Labute approximate surface area is 139 Å². The van der Waals surface area contributed by atoms with Gasteiger partial charge in [-0.2, -0.15) is 0 Å². The number of benzene rings is 1. The summed E-state index contributed by atoms with van der Waals surface area (Å²) in [5, 5.41) is 12.0. The number of para-hydroxylation sites is 1. The molecular formula is C17H22FNO5. The lowest BCUT2D eigenvalue weighted by molar-refractivity contribution is -0.144. The standard InChI is InChI=1S/C17H22FNO5/c1-2-24-15-12(4-3-5-14(15)18)16(20)19-10-13(17(21)22)11-6-8-23-9-7-11/h3-5,11,13H,2,6-10H2,1H3,(H,19,20)(H,21,22). The first kappa shape index (κ1) is 18.2. The quantitative estimate of drug-likeness (QED) is 0.794. The van der Waals surface area contributed by atoms with E-state index in [1.807, 2.05) is 0 Å². The molecule has 2 N–H and O–H groups in total. The zero-order chi connectivity index (χ0) is 17.5. The number of rotatable bonds is 7. The van der Waals surface area contributed by atoms with Gasteiger partial charge in [0.2, 0.25) is 0 Å². The van der Waals surface area contributed by atoms with Gasteiger partial charge in [0.05, 0.1) is 18.1 Å². The largest absolute Gasteiger partial charge is 0.490 e. The topological polar surface area (TPSA) is 84.9 Å². The molecule has 1 aromatic carbocycles.